The van der Waals surface area contributed by atoms with Gasteiger partial charge in [0.05, 0.1) is 26.5 Å². The smallest absolute Gasteiger partial charge is 0.129 e. The van der Waals surface area contributed by atoms with Crippen LogP contribution < -0.4 is 4.74 Å². The summed E-state index contributed by atoms with van der Waals surface area (Å²) in [6.07, 6.45) is 1.93. The number of halogens is 1. The molecule has 2 heterocycles. The lowest BCUT2D eigenvalue weighted by Gasteiger charge is -2.25. The number of ether oxygens (including phenoxy) is 2. The first kappa shape index (κ1) is 11.7. The molecule has 0 N–H and O–H groups in total. The molecule has 1 saturated heterocycles. The minimum absolute atomic E-state index is 0.313. The van der Waals surface area contributed by atoms with Crippen LogP contribution in [0.2, 0.25) is 0 Å². The lowest BCUT2D eigenvalue weighted by molar-refractivity contribution is -0.0293. The van der Waals surface area contributed by atoms with E-state index in [4.69, 9.17) is 9.47 Å². The fourth-order valence-electron chi connectivity index (χ4n) is 1.83. The van der Waals surface area contributed by atoms with Crippen LogP contribution in [0.15, 0.2) is 28.9 Å². The summed E-state index contributed by atoms with van der Waals surface area (Å²) in [4.78, 5) is 0. The maximum Gasteiger partial charge on any atom is 0.129 e. The van der Waals surface area contributed by atoms with Gasteiger partial charge >= 0.3 is 0 Å². The van der Waals surface area contributed by atoms with E-state index in [9.17, 15) is 0 Å². The van der Waals surface area contributed by atoms with Gasteiger partial charge in [-0.2, -0.15) is 0 Å². The molecule has 3 rings (SSSR count). The number of benzene rings is 1. The summed E-state index contributed by atoms with van der Waals surface area (Å²) in [6.45, 7) is 1.42. The Labute approximate surface area is 113 Å². The molecule has 1 aliphatic heterocycles. The molecule has 0 bridgehead atoms. The van der Waals surface area contributed by atoms with E-state index in [0.717, 1.165) is 21.5 Å². The number of aromatic nitrogens is 3. The summed E-state index contributed by atoms with van der Waals surface area (Å²) in [5.41, 5.74) is 1.75. The molecular weight excluding hydrogens is 298 g/mol. The Morgan fingerprint density at radius 3 is 2.94 bits per heavy atom. The van der Waals surface area contributed by atoms with Gasteiger partial charge in [0, 0.05) is 10.0 Å². The van der Waals surface area contributed by atoms with Crippen molar-refractivity contribution in [2.75, 3.05) is 20.3 Å². The van der Waals surface area contributed by atoms with Crippen LogP contribution >= 0.6 is 15.9 Å². The van der Waals surface area contributed by atoms with Gasteiger partial charge in [-0.1, -0.05) is 21.1 Å². The highest BCUT2D eigenvalue weighted by Crippen LogP contribution is 2.31. The fraction of sp³-hybridized carbons (Fsp3) is 0.333. The predicted molar refractivity (Wildman–Crippen MR) is 69.6 cm³/mol. The van der Waals surface area contributed by atoms with Gasteiger partial charge in [-0.15, -0.1) is 5.10 Å². The Kier molecular flexibility index (Phi) is 3.05. The van der Waals surface area contributed by atoms with E-state index in [1.807, 2.05) is 29.1 Å². The largest absolute Gasteiger partial charge is 0.496 e. The second-order valence-corrected chi connectivity index (χ2v) is 5.04. The Hall–Kier alpha value is -1.40. The summed E-state index contributed by atoms with van der Waals surface area (Å²) < 4.78 is 13.3. The Morgan fingerprint density at radius 2 is 2.28 bits per heavy atom. The highest BCUT2D eigenvalue weighted by molar-refractivity contribution is 9.10. The van der Waals surface area contributed by atoms with Crippen LogP contribution in [0.4, 0.5) is 0 Å². The minimum Gasteiger partial charge on any atom is -0.496 e. The number of hydrogen-bond donors (Lipinski definition) is 0. The van der Waals surface area contributed by atoms with E-state index < -0.39 is 0 Å². The van der Waals surface area contributed by atoms with Crippen molar-refractivity contribution in [1.82, 2.24) is 15.0 Å². The monoisotopic (exact) mass is 309 g/mol. The van der Waals surface area contributed by atoms with Gasteiger partial charge in [-0.3, -0.25) is 0 Å². The maximum absolute atomic E-state index is 5.36. The van der Waals surface area contributed by atoms with Gasteiger partial charge in [0.1, 0.15) is 17.5 Å². The van der Waals surface area contributed by atoms with Crippen LogP contribution in [-0.4, -0.2) is 35.3 Å². The van der Waals surface area contributed by atoms with Crippen molar-refractivity contribution in [2.45, 2.75) is 6.04 Å². The van der Waals surface area contributed by atoms with Crippen molar-refractivity contribution in [3.05, 3.63) is 28.9 Å². The summed E-state index contributed by atoms with van der Waals surface area (Å²) in [6, 6.07) is 6.16. The molecule has 1 fully saturated rings. The average Bonchev–Trinajstić information content (AvgIpc) is 2.75. The first-order valence-electron chi connectivity index (χ1n) is 5.61. The van der Waals surface area contributed by atoms with Crippen LogP contribution in [-0.2, 0) is 4.74 Å². The molecule has 0 radical (unpaired) electrons. The van der Waals surface area contributed by atoms with Crippen LogP contribution in [0.5, 0.6) is 5.75 Å². The third-order valence-corrected chi connectivity index (χ3v) is 3.44. The summed E-state index contributed by atoms with van der Waals surface area (Å²) in [5.74, 6) is 0.779. The number of rotatable bonds is 3. The minimum atomic E-state index is 0.313. The molecule has 18 heavy (non-hydrogen) atoms. The number of nitrogens with zero attached hydrogens (tertiary/aromatic N) is 3. The van der Waals surface area contributed by atoms with Crippen LogP contribution in [0.1, 0.15) is 6.04 Å². The van der Waals surface area contributed by atoms with Gasteiger partial charge in [-0.05, 0) is 18.2 Å². The van der Waals surface area contributed by atoms with Gasteiger partial charge in [0.2, 0.25) is 0 Å². The highest BCUT2D eigenvalue weighted by Gasteiger charge is 2.22. The average molecular weight is 310 g/mol. The van der Waals surface area contributed by atoms with E-state index in [1.165, 1.54) is 0 Å². The SMILES string of the molecule is COc1cc(Br)ccc1-c1cn(C2COC2)nn1. The molecule has 1 aromatic carbocycles. The van der Waals surface area contributed by atoms with Gasteiger partial charge in [-0.25, -0.2) is 4.68 Å². The van der Waals surface area contributed by atoms with Crippen molar-refractivity contribution < 1.29 is 9.47 Å². The number of hydrogen-bond acceptors (Lipinski definition) is 4. The predicted octanol–water partition coefficient (Wildman–Crippen LogP) is 2.29. The van der Waals surface area contributed by atoms with E-state index in [-0.39, 0.29) is 0 Å². The molecule has 0 saturated carbocycles. The molecule has 0 amide bonds. The lowest BCUT2D eigenvalue weighted by atomic mass is 10.1. The summed E-state index contributed by atoms with van der Waals surface area (Å²) >= 11 is 3.42. The molecule has 1 aliphatic rings. The molecule has 2 aromatic rings. The third kappa shape index (κ3) is 2.02. The molecule has 0 unspecified atom stereocenters. The van der Waals surface area contributed by atoms with E-state index >= 15 is 0 Å². The van der Waals surface area contributed by atoms with Crippen molar-refractivity contribution in [2.24, 2.45) is 0 Å². The zero-order chi connectivity index (χ0) is 12.5. The summed E-state index contributed by atoms with van der Waals surface area (Å²) in [5, 5.41) is 8.32. The van der Waals surface area contributed by atoms with Crippen molar-refractivity contribution >= 4 is 15.9 Å². The van der Waals surface area contributed by atoms with Crippen LogP contribution in [0, 0.1) is 0 Å². The molecule has 94 valence electrons. The molecule has 5 nitrogen and oxygen atoms in total. The molecule has 0 spiro atoms. The Balaban J connectivity index is 1.96. The highest BCUT2D eigenvalue weighted by atomic mass is 79.9. The Morgan fingerprint density at radius 1 is 1.44 bits per heavy atom. The standard InChI is InChI=1S/C12H12BrN3O2/c1-17-12-4-8(13)2-3-10(12)11-5-16(15-14-11)9-6-18-7-9/h2-5,9H,6-7H2,1H3. The van der Waals surface area contributed by atoms with Crippen LogP contribution in [0.3, 0.4) is 0 Å². The summed E-state index contributed by atoms with van der Waals surface area (Å²) in [7, 11) is 1.65. The van der Waals surface area contributed by atoms with Crippen LogP contribution in [0.25, 0.3) is 11.3 Å². The second kappa shape index (κ2) is 4.70. The third-order valence-electron chi connectivity index (χ3n) is 2.94. The quantitative estimate of drug-likeness (QED) is 0.873. The van der Waals surface area contributed by atoms with Crippen molar-refractivity contribution in [1.29, 1.82) is 0 Å². The van der Waals surface area contributed by atoms with E-state index in [1.54, 1.807) is 7.11 Å². The first-order valence-corrected chi connectivity index (χ1v) is 6.40. The van der Waals surface area contributed by atoms with Crippen molar-refractivity contribution in [3.63, 3.8) is 0 Å². The van der Waals surface area contributed by atoms with Crippen molar-refractivity contribution in [3.8, 4) is 17.0 Å². The van der Waals surface area contributed by atoms with E-state index in [2.05, 4.69) is 26.2 Å². The molecule has 0 atom stereocenters. The van der Waals surface area contributed by atoms with Gasteiger partial charge < -0.3 is 9.47 Å². The van der Waals surface area contributed by atoms with E-state index in [0.29, 0.717) is 19.3 Å². The molecule has 0 aliphatic carbocycles. The second-order valence-electron chi connectivity index (χ2n) is 4.12. The zero-order valence-electron chi connectivity index (χ0n) is 9.84. The number of methoxy groups -OCH3 is 1. The van der Waals surface area contributed by atoms with Gasteiger partial charge in [0.25, 0.3) is 0 Å². The maximum atomic E-state index is 5.36. The van der Waals surface area contributed by atoms with Gasteiger partial charge in [0.15, 0.2) is 0 Å². The molecular formula is C12H12BrN3O2. The fourth-order valence-corrected chi connectivity index (χ4v) is 2.17. The molecule has 6 heteroatoms. The Bertz CT molecular complexity index is 566. The first-order chi connectivity index (χ1) is 8.78. The molecule has 1 aromatic heterocycles. The normalized spacial score (nSPS) is 15.4. The topological polar surface area (TPSA) is 49.2 Å². The zero-order valence-corrected chi connectivity index (χ0v) is 11.4. The lowest BCUT2D eigenvalue weighted by Crippen LogP contribution is -2.30.